The number of halogens is 2. The summed E-state index contributed by atoms with van der Waals surface area (Å²) >= 11 is 0. The van der Waals surface area contributed by atoms with Crippen molar-refractivity contribution in [1.82, 2.24) is 0 Å². The van der Waals surface area contributed by atoms with Crippen LogP contribution in [0.2, 0.25) is 0 Å². The monoisotopic (exact) mass is 422 g/mol. The van der Waals surface area contributed by atoms with Crippen LogP contribution in [-0.4, -0.2) is 17.7 Å². The first kappa shape index (κ1) is 22.4. The van der Waals surface area contributed by atoms with Gasteiger partial charge in [-0.25, -0.2) is 13.6 Å². The molecule has 0 fully saturated rings. The van der Waals surface area contributed by atoms with Crippen LogP contribution in [-0.2, 0) is 22.6 Å². The first-order valence-corrected chi connectivity index (χ1v) is 10.0. The van der Waals surface area contributed by atoms with Crippen molar-refractivity contribution in [2.45, 2.75) is 26.4 Å². The summed E-state index contributed by atoms with van der Waals surface area (Å²) in [6.07, 6.45) is 1.11. The van der Waals surface area contributed by atoms with Crippen LogP contribution in [0.1, 0.15) is 24.5 Å². The number of ether oxygens (including phenoxy) is 1. The molecule has 0 saturated carbocycles. The van der Waals surface area contributed by atoms with Crippen LogP contribution in [0.3, 0.4) is 0 Å². The molecule has 0 amide bonds. The molecular formula is C26H24F2O3. The molecule has 0 aliphatic carbocycles. The Morgan fingerprint density at radius 3 is 2.19 bits per heavy atom. The summed E-state index contributed by atoms with van der Waals surface area (Å²) in [6, 6.07) is 17.1. The van der Waals surface area contributed by atoms with Crippen molar-refractivity contribution in [3.05, 3.63) is 95.6 Å². The summed E-state index contributed by atoms with van der Waals surface area (Å²) in [7, 11) is 0. The van der Waals surface area contributed by atoms with Crippen molar-refractivity contribution in [1.29, 1.82) is 0 Å². The van der Waals surface area contributed by atoms with Gasteiger partial charge in [0, 0.05) is 23.3 Å². The Labute approximate surface area is 180 Å². The summed E-state index contributed by atoms with van der Waals surface area (Å²) in [6.45, 7) is 5.11. The maximum atomic E-state index is 15.0. The van der Waals surface area contributed by atoms with E-state index < -0.39 is 17.6 Å². The van der Waals surface area contributed by atoms with Gasteiger partial charge in [-0.2, -0.15) is 0 Å². The molecular weight excluding hydrogens is 398 g/mol. The summed E-state index contributed by atoms with van der Waals surface area (Å²) in [5.41, 5.74) is 3.21. The average molecular weight is 422 g/mol. The van der Waals surface area contributed by atoms with Gasteiger partial charge in [-0.05, 0) is 48.1 Å². The maximum absolute atomic E-state index is 15.0. The lowest BCUT2D eigenvalue weighted by Gasteiger charge is -2.14. The molecule has 0 bridgehead atoms. The normalized spacial score (nSPS) is 10.7. The number of hydrogen-bond donors (Lipinski definition) is 1. The Kier molecular flexibility index (Phi) is 7.32. The van der Waals surface area contributed by atoms with Crippen molar-refractivity contribution in [3.8, 4) is 22.3 Å². The number of hydrogen-bond acceptors (Lipinski definition) is 3. The van der Waals surface area contributed by atoms with Gasteiger partial charge >= 0.3 is 5.97 Å². The van der Waals surface area contributed by atoms with E-state index in [1.54, 1.807) is 61.5 Å². The molecule has 0 radical (unpaired) electrons. The summed E-state index contributed by atoms with van der Waals surface area (Å²) in [4.78, 5) is 11.8. The molecule has 0 spiro atoms. The van der Waals surface area contributed by atoms with Crippen molar-refractivity contribution in [3.63, 3.8) is 0 Å². The van der Waals surface area contributed by atoms with Gasteiger partial charge < -0.3 is 9.84 Å². The lowest BCUT2D eigenvalue weighted by atomic mass is 9.95. The highest BCUT2D eigenvalue weighted by atomic mass is 19.2. The number of carbonyl (C=O) groups excluding carboxylic acids is 1. The molecule has 0 unspecified atom stereocenters. The SMILES string of the molecule is C=C(C)C(=O)OCc1cc(-c2ccc(-c3ccccc3)c(F)c2F)ccc1CCCO. The van der Waals surface area contributed by atoms with E-state index in [1.165, 1.54) is 0 Å². The van der Waals surface area contributed by atoms with Crippen molar-refractivity contribution >= 4 is 5.97 Å². The van der Waals surface area contributed by atoms with Crippen molar-refractivity contribution in [2.24, 2.45) is 0 Å². The van der Waals surface area contributed by atoms with Crippen LogP contribution in [0.25, 0.3) is 22.3 Å². The molecule has 0 aliphatic heterocycles. The van der Waals surface area contributed by atoms with Crippen LogP contribution in [0.15, 0.2) is 72.8 Å². The zero-order valence-electron chi connectivity index (χ0n) is 17.3. The molecule has 0 aliphatic rings. The number of benzene rings is 3. The van der Waals surface area contributed by atoms with Crippen LogP contribution >= 0.6 is 0 Å². The van der Waals surface area contributed by atoms with Gasteiger partial charge in [-0.15, -0.1) is 0 Å². The number of rotatable bonds is 8. The number of carbonyl (C=O) groups is 1. The summed E-state index contributed by atoms with van der Waals surface area (Å²) in [5.74, 6) is -2.37. The minimum absolute atomic E-state index is 0.0213. The number of aliphatic hydroxyl groups is 1. The van der Waals surface area contributed by atoms with Gasteiger partial charge in [0.1, 0.15) is 6.61 Å². The molecule has 0 atom stereocenters. The minimum Gasteiger partial charge on any atom is -0.457 e. The molecule has 160 valence electrons. The second-order valence-electron chi connectivity index (χ2n) is 7.32. The van der Waals surface area contributed by atoms with E-state index in [9.17, 15) is 13.6 Å². The maximum Gasteiger partial charge on any atom is 0.333 e. The Morgan fingerprint density at radius 2 is 1.58 bits per heavy atom. The van der Waals surface area contributed by atoms with Crippen molar-refractivity contribution < 1.29 is 23.4 Å². The van der Waals surface area contributed by atoms with E-state index in [1.807, 2.05) is 6.07 Å². The quantitative estimate of drug-likeness (QED) is 0.366. The fourth-order valence-corrected chi connectivity index (χ4v) is 3.32. The van der Waals surface area contributed by atoms with Gasteiger partial charge in [0.25, 0.3) is 0 Å². The van der Waals surface area contributed by atoms with Gasteiger partial charge in [0.15, 0.2) is 11.6 Å². The molecule has 0 heterocycles. The zero-order chi connectivity index (χ0) is 22.4. The van der Waals surface area contributed by atoms with Gasteiger partial charge in [-0.3, -0.25) is 0 Å². The molecule has 3 nitrogen and oxygen atoms in total. The summed E-state index contributed by atoms with van der Waals surface area (Å²) < 4.78 is 35.1. The van der Waals surface area contributed by atoms with E-state index in [0.29, 0.717) is 29.5 Å². The Bertz CT molecular complexity index is 1090. The van der Waals surface area contributed by atoms with Crippen LogP contribution in [0, 0.1) is 11.6 Å². The molecule has 0 saturated heterocycles. The molecule has 31 heavy (non-hydrogen) atoms. The van der Waals surface area contributed by atoms with Gasteiger partial charge in [0.05, 0.1) is 0 Å². The average Bonchev–Trinajstić information content (AvgIpc) is 2.78. The highest BCUT2D eigenvalue weighted by molar-refractivity contribution is 5.87. The van der Waals surface area contributed by atoms with E-state index >= 15 is 0 Å². The third kappa shape index (κ3) is 5.25. The lowest BCUT2D eigenvalue weighted by molar-refractivity contribution is -0.140. The van der Waals surface area contributed by atoms with Crippen LogP contribution < -0.4 is 0 Å². The Balaban J connectivity index is 1.98. The molecule has 1 N–H and O–H groups in total. The number of aryl methyl sites for hydroxylation is 1. The molecule has 0 aromatic heterocycles. The predicted octanol–water partition coefficient (Wildman–Crippen LogP) is 5.84. The second kappa shape index (κ2) is 10.1. The fourth-order valence-electron chi connectivity index (χ4n) is 3.32. The fraction of sp³-hybridized carbons (Fsp3) is 0.192. The van der Waals surface area contributed by atoms with Crippen molar-refractivity contribution in [2.75, 3.05) is 6.61 Å². The van der Waals surface area contributed by atoms with Crippen LogP contribution in [0.4, 0.5) is 8.78 Å². The van der Waals surface area contributed by atoms with E-state index in [2.05, 4.69) is 6.58 Å². The summed E-state index contributed by atoms with van der Waals surface area (Å²) in [5, 5.41) is 9.14. The number of esters is 1. The third-order valence-corrected chi connectivity index (χ3v) is 5.00. The molecule has 3 rings (SSSR count). The largest absolute Gasteiger partial charge is 0.457 e. The molecule has 3 aromatic rings. The van der Waals surface area contributed by atoms with E-state index in [4.69, 9.17) is 9.84 Å². The first-order valence-electron chi connectivity index (χ1n) is 10.0. The molecule has 3 aromatic carbocycles. The lowest BCUT2D eigenvalue weighted by Crippen LogP contribution is -2.07. The Hall–Kier alpha value is -3.31. The second-order valence-corrected chi connectivity index (χ2v) is 7.32. The zero-order valence-corrected chi connectivity index (χ0v) is 17.3. The van der Waals surface area contributed by atoms with Gasteiger partial charge in [0.2, 0.25) is 0 Å². The highest BCUT2D eigenvalue weighted by Crippen LogP contribution is 2.32. The predicted molar refractivity (Wildman–Crippen MR) is 117 cm³/mol. The molecule has 5 heteroatoms. The van der Waals surface area contributed by atoms with E-state index in [-0.39, 0.29) is 29.9 Å². The first-order chi connectivity index (χ1) is 14.9. The minimum atomic E-state index is -0.936. The smallest absolute Gasteiger partial charge is 0.333 e. The topological polar surface area (TPSA) is 46.5 Å². The highest BCUT2D eigenvalue weighted by Gasteiger charge is 2.17. The third-order valence-electron chi connectivity index (χ3n) is 5.00. The standard InChI is InChI=1S/C26H24F2O3/c1-17(2)26(30)31-16-21-15-20(11-10-18(21)9-6-14-29)23-13-12-22(24(27)25(23)28)19-7-4-3-5-8-19/h3-5,7-8,10-13,15,29H,1,6,9,14,16H2,2H3. The van der Waals surface area contributed by atoms with Crippen LogP contribution in [0.5, 0.6) is 0 Å². The Morgan fingerprint density at radius 1 is 0.935 bits per heavy atom. The van der Waals surface area contributed by atoms with Gasteiger partial charge in [-0.1, -0.05) is 61.2 Å². The number of aliphatic hydroxyl groups excluding tert-OH is 1. The van der Waals surface area contributed by atoms with E-state index in [0.717, 1.165) is 5.56 Å².